The van der Waals surface area contributed by atoms with Crippen molar-refractivity contribution < 1.29 is 8.42 Å². The van der Waals surface area contributed by atoms with Gasteiger partial charge >= 0.3 is 0 Å². The van der Waals surface area contributed by atoms with Crippen molar-refractivity contribution >= 4 is 21.6 Å². The summed E-state index contributed by atoms with van der Waals surface area (Å²) in [6, 6.07) is -0.490. The van der Waals surface area contributed by atoms with Crippen LogP contribution in [0.15, 0.2) is 23.6 Å². The van der Waals surface area contributed by atoms with Crippen LogP contribution < -0.4 is 4.72 Å². The van der Waals surface area contributed by atoms with E-state index in [4.69, 9.17) is 11.6 Å². The number of aromatic nitrogens is 4. The number of aryl methyl sites for hydroxylation is 1. The summed E-state index contributed by atoms with van der Waals surface area (Å²) in [6.45, 7) is 1.68. The van der Waals surface area contributed by atoms with Crippen molar-refractivity contribution in [3.63, 3.8) is 0 Å². The number of aromatic amines is 1. The molecule has 2 heterocycles. The average molecular weight is 290 g/mol. The molecule has 0 aliphatic carbocycles. The molecule has 0 aromatic carbocycles. The van der Waals surface area contributed by atoms with E-state index in [0.717, 1.165) is 0 Å². The molecule has 0 spiro atoms. The molecule has 2 aromatic rings. The highest BCUT2D eigenvalue weighted by Crippen LogP contribution is 2.21. The minimum atomic E-state index is -3.75. The Labute approximate surface area is 109 Å². The Morgan fingerprint density at radius 1 is 1.56 bits per heavy atom. The molecule has 9 heteroatoms. The van der Waals surface area contributed by atoms with Gasteiger partial charge in [-0.3, -0.25) is 4.68 Å². The molecule has 0 bridgehead atoms. The van der Waals surface area contributed by atoms with Crippen LogP contribution in [0.4, 0.5) is 0 Å². The topological polar surface area (TPSA) is 92.7 Å². The van der Waals surface area contributed by atoms with Gasteiger partial charge in [0.15, 0.2) is 5.03 Å². The Morgan fingerprint density at radius 2 is 2.28 bits per heavy atom. The lowest BCUT2D eigenvalue weighted by atomic mass is 10.3. The molecular weight excluding hydrogens is 278 g/mol. The van der Waals surface area contributed by atoms with Crippen molar-refractivity contribution in [3.05, 3.63) is 29.4 Å². The van der Waals surface area contributed by atoms with Gasteiger partial charge in [0, 0.05) is 19.4 Å². The number of imidazole rings is 1. The molecule has 18 heavy (non-hydrogen) atoms. The maximum Gasteiger partial charge on any atom is 0.259 e. The maximum absolute atomic E-state index is 12.1. The Hall–Kier alpha value is -1.38. The Balaban J connectivity index is 2.28. The van der Waals surface area contributed by atoms with E-state index in [2.05, 4.69) is 19.8 Å². The molecular formula is C9H12ClN5O2S. The first-order valence-electron chi connectivity index (χ1n) is 5.11. The number of rotatable bonds is 4. The summed E-state index contributed by atoms with van der Waals surface area (Å²) >= 11 is 5.81. The van der Waals surface area contributed by atoms with Gasteiger partial charge in [0.2, 0.25) is 0 Å². The van der Waals surface area contributed by atoms with E-state index in [1.165, 1.54) is 17.9 Å². The van der Waals surface area contributed by atoms with Crippen molar-refractivity contribution in [3.8, 4) is 0 Å². The molecule has 2 rings (SSSR count). The van der Waals surface area contributed by atoms with Gasteiger partial charge in [-0.15, -0.1) is 0 Å². The summed E-state index contributed by atoms with van der Waals surface area (Å²) in [5.41, 5.74) is 0. The molecule has 2 N–H and O–H groups in total. The third kappa shape index (κ3) is 2.40. The smallest absolute Gasteiger partial charge is 0.259 e. The van der Waals surface area contributed by atoms with Gasteiger partial charge in [-0.2, -0.15) is 9.82 Å². The number of sulfonamides is 1. The minimum absolute atomic E-state index is 0.0671. The van der Waals surface area contributed by atoms with Crippen LogP contribution in [0, 0.1) is 0 Å². The molecule has 0 radical (unpaired) electrons. The SMILES string of the molecule is CC(NS(=O)(=O)c1c(Cl)cnn1C)c1ncc[nH]1. The van der Waals surface area contributed by atoms with Crippen LogP contribution >= 0.6 is 11.6 Å². The van der Waals surface area contributed by atoms with Gasteiger partial charge in [0.1, 0.15) is 5.82 Å². The third-order valence-corrected chi connectivity index (χ3v) is 4.40. The zero-order chi connectivity index (χ0) is 13.3. The highest BCUT2D eigenvalue weighted by atomic mass is 35.5. The van der Waals surface area contributed by atoms with E-state index < -0.39 is 16.1 Å². The lowest BCUT2D eigenvalue weighted by Crippen LogP contribution is -2.29. The van der Waals surface area contributed by atoms with E-state index in [1.54, 1.807) is 19.3 Å². The lowest BCUT2D eigenvalue weighted by molar-refractivity contribution is 0.545. The molecule has 0 aliphatic rings. The highest BCUT2D eigenvalue weighted by Gasteiger charge is 2.25. The third-order valence-electron chi connectivity index (χ3n) is 2.36. The van der Waals surface area contributed by atoms with Gasteiger partial charge in [-0.1, -0.05) is 11.6 Å². The summed E-state index contributed by atoms with van der Waals surface area (Å²) in [4.78, 5) is 6.83. The zero-order valence-corrected chi connectivity index (χ0v) is 11.3. The number of hydrogen-bond donors (Lipinski definition) is 2. The van der Waals surface area contributed by atoms with E-state index in [0.29, 0.717) is 5.82 Å². The monoisotopic (exact) mass is 289 g/mol. The van der Waals surface area contributed by atoms with Crippen molar-refractivity contribution in [2.75, 3.05) is 0 Å². The predicted octanol–water partition coefficient (Wildman–Crippen LogP) is 0.836. The minimum Gasteiger partial charge on any atom is -0.347 e. The van der Waals surface area contributed by atoms with Gasteiger partial charge in [-0.05, 0) is 6.92 Å². The van der Waals surface area contributed by atoms with Crippen molar-refractivity contribution in [2.24, 2.45) is 7.05 Å². The Kier molecular flexibility index (Phi) is 3.42. The van der Waals surface area contributed by atoms with Crippen LogP contribution in [-0.2, 0) is 17.1 Å². The fraction of sp³-hybridized carbons (Fsp3) is 0.333. The summed E-state index contributed by atoms with van der Waals surface area (Å²) in [5.74, 6) is 0.525. The van der Waals surface area contributed by atoms with Crippen LogP contribution in [0.25, 0.3) is 0 Å². The fourth-order valence-electron chi connectivity index (χ4n) is 1.56. The zero-order valence-electron chi connectivity index (χ0n) is 9.75. The van der Waals surface area contributed by atoms with Crippen LogP contribution in [0.3, 0.4) is 0 Å². The number of nitrogens with zero attached hydrogens (tertiary/aromatic N) is 3. The molecule has 98 valence electrons. The van der Waals surface area contributed by atoms with Crippen LogP contribution in [0.5, 0.6) is 0 Å². The molecule has 7 nitrogen and oxygen atoms in total. The Bertz CT molecular complexity index is 614. The predicted molar refractivity (Wildman–Crippen MR) is 65.5 cm³/mol. The largest absolute Gasteiger partial charge is 0.347 e. The van der Waals surface area contributed by atoms with Gasteiger partial charge in [0.05, 0.1) is 17.3 Å². The average Bonchev–Trinajstić information content (AvgIpc) is 2.87. The van der Waals surface area contributed by atoms with Gasteiger partial charge in [0.25, 0.3) is 10.0 Å². The second kappa shape index (κ2) is 4.71. The quantitative estimate of drug-likeness (QED) is 0.872. The first-order valence-corrected chi connectivity index (χ1v) is 6.97. The summed E-state index contributed by atoms with van der Waals surface area (Å²) in [6.07, 6.45) is 4.46. The molecule has 0 aliphatic heterocycles. The standard InChI is InChI=1S/C9H12ClN5O2S/c1-6(8-11-3-4-12-8)14-18(16,17)9-7(10)5-13-15(9)2/h3-6,14H,1-2H3,(H,11,12). The molecule has 1 atom stereocenters. The molecule has 0 saturated carbocycles. The highest BCUT2D eigenvalue weighted by molar-refractivity contribution is 7.89. The molecule has 0 fully saturated rings. The summed E-state index contributed by atoms with van der Waals surface area (Å²) in [5, 5.41) is 3.81. The molecule has 0 saturated heterocycles. The van der Waals surface area contributed by atoms with E-state index in [-0.39, 0.29) is 10.0 Å². The number of H-pyrrole nitrogens is 1. The summed E-state index contributed by atoms with van der Waals surface area (Å²) in [7, 11) is -2.23. The van der Waals surface area contributed by atoms with Crippen LogP contribution in [0.2, 0.25) is 5.02 Å². The van der Waals surface area contributed by atoms with E-state index in [9.17, 15) is 8.42 Å². The van der Waals surface area contributed by atoms with Crippen LogP contribution in [0.1, 0.15) is 18.8 Å². The van der Waals surface area contributed by atoms with Crippen molar-refractivity contribution in [1.82, 2.24) is 24.5 Å². The molecule has 1 unspecified atom stereocenters. The summed E-state index contributed by atoms with van der Waals surface area (Å²) < 4.78 is 28.0. The fourth-order valence-corrected chi connectivity index (χ4v) is 3.42. The number of nitrogens with one attached hydrogen (secondary N) is 2. The Morgan fingerprint density at radius 3 is 2.78 bits per heavy atom. The number of halogens is 1. The lowest BCUT2D eigenvalue weighted by Gasteiger charge is -2.12. The van der Waals surface area contributed by atoms with Crippen molar-refractivity contribution in [2.45, 2.75) is 18.0 Å². The maximum atomic E-state index is 12.1. The normalized spacial score (nSPS) is 13.7. The van der Waals surface area contributed by atoms with Gasteiger partial charge in [-0.25, -0.2) is 13.4 Å². The second-order valence-electron chi connectivity index (χ2n) is 3.74. The van der Waals surface area contributed by atoms with Crippen molar-refractivity contribution in [1.29, 1.82) is 0 Å². The van der Waals surface area contributed by atoms with Crippen LogP contribution in [-0.4, -0.2) is 28.2 Å². The number of hydrogen-bond acceptors (Lipinski definition) is 4. The second-order valence-corrected chi connectivity index (χ2v) is 5.78. The first kappa shape index (κ1) is 13.1. The van der Waals surface area contributed by atoms with E-state index in [1.807, 2.05) is 0 Å². The van der Waals surface area contributed by atoms with Gasteiger partial charge < -0.3 is 4.98 Å². The van der Waals surface area contributed by atoms with E-state index >= 15 is 0 Å². The molecule has 0 amide bonds. The first-order chi connectivity index (χ1) is 8.42. The molecule has 2 aromatic heterocycles.